The van der Waals surface area contributed by atoms with Crippen LogP contribution >= 0.6 is 0 Å². The number of nitrogens with one attached hydrogen (secondary N) is 1. The number of carbonyl (C=O) groups is 1. The van der Waals surface area contributed by atoms with E-state index in [-0.39, 0.29) is 6.29 Å². The molecule has 1 saturated heterocycles. The first-order valence-corrected chi connectivity index (χ1v) is 8.85. The topological polar surface area (TPSA) is 102 Å². The van der Waals surface area contributed by atoms with E-state index in [1.54, 1.807) is 4.90 Å². The molecule has 0 aliphatic carbocycles. The average Bonchev–Trinajstić information content (AvgIpc) is 2.73. The zero-order valence-corrected chi connectivity index (χ0v) is 15.3. The Balaban J connectivity index is 1.69. The summed E-state index contributed by atoms with van der Waals surface area (Å²) in [6.45, 7) is 1.65. The molecule has 1 aromatic carbocycles. The molecular formula is C18H20F3N5O3. The largest absolute Gasteiger partial charge is 0.416 e. The molecule has 2 unspecified atom stereocenters. The predicted molar refractivity (Wildman–Crippen MR) is 98.6 cm³/mol. The molecule has 2 heterocycles. The Bertz CT molecular complexity index is 826. The van der Waals surface area contributed by atoms with E-state index in [1.165, 1.54) is 24.5 Å². The minimum Gasteiger partial charge on any atom is -0.381 e. The zero-order chi connectivity index (χ0) is 21.0. The van der Waals surface area contributed by atoms with Crippen LogP contribution in [0.3, 0.4) is 0 Å². The molecule has 1 aromatic heterocycles. The Morgan fingerprint density at radius 1 is 1.03 bits per heavy atom. The molecule has 2 aromatic rings. The van der Waals surface area contributed by atoms with Crippen LogP contribution in [0.25, 0.3) is 0 Å². The van der Waals surface area contributed by atoms with Gasteiger partial charge in [-0.2, -0.15) is 13.2 Å². The SMILES string of the molecule is O=CC(O)C(O)N1CCN(c2nccnc2Nc2ccc(C(F)(F)F)cc2)CC1. The summed E-state index contributed by atoms with van der Waals surface area (Å²) >= 11 is 0. The summed E-state index contributed by atoms with van der Waals surface area (Å²) in [6, 6.07) is 4.60. The number of aliphatic hydroxyl groups excluding tert-OH is 2. The monoisotopic (exact) mass is 411 g/mol. The quantitative estimate of drug-likeness (QED) is 0.611. The van der Waals surface area contributed by atoms with Crippen molar-refractivity contribution in [3.63, 3.8) is 0 Å². The van der Waals surface area contributed by atoms with E-state index in [1.807, 2.05) is 4.90 Å². The number of halogens is 3. The van der Waals surface area contributed by atoms with Crippen molar-refractivity contribution in [3.8, 4) is 0 Å². The van der Waals surface area contributed by atoms with Gasteiger partial charge >= 0.3 is 6.18 Å². The van der Waals surface area contributed by atoms with Crippen LogP contribution in [-0.4, -0.2) is 69.9 Å². The van der Waals surface area contributed by atoms with Crippen LogP contribution in [0.2, 0.25) is 0 Å². The van der Waals surface area contributed by atoms with E-state index >= 15 is 0 Å². The standard InChI is InChI=1S/C18H20F3N5O3/c19-18(20,21)12-1-3-13(4-2-12)24-15-16(23-6-5-22-15)25-7-9-26(10-8-25)17(29)14(28)11-27/h1-6,11,14,17,28-29H,7-10H2,(H,22,24). The van der Waals surface area contributed by atoms with Crippen LogP contribution in [-0.2, 0) is 11.0 Å². The van der Waals surface area contributed by atoms with Gasteiger partial charge in [0.2, 0.25) is 0 Å². The lowest BCUT2D eigenvalue weighted by molar-refractivity contribution is -0.137. The molecule has 29 heavy (non-hydrogen) atoms. The number of aliphatic hydroxyl groups is 2. The number of anilines is 3. The first-order chi connectivity index (χ1) is 13.8. The van der Waals surface area contributed by atoms with Crippen LogP contribution < -0.4 is 10.2 Å². The third kappa shape index (κ3) is 5.00. The van der Waals surface area contributed by atoms with Gasteiger partial charge in [-0.1, -0.05) is 0 Å². The second kappa shape index (κ2) is 8.72. The number of benzene rings is 1. The summed E-state index contributed by atoms with van der Waals surface area (Å²) in [5, 5.41) is 22.4. The highest BCUT2D eigenvalue weighted by Crippen LogP contribution is 2.31. The lowest BCUT2D eigenvalue weighted by atomic mass is 10.2. The molecule has 0 saturated carbocycles. The van der Waals surface area contributed by atoms with Gasteiger partial charge in [0.05, 0.1) is 5.56 Å². The highest BCUT2D eigenvalue weighted by atomic mass is 19.4. The maximum atomic E-state index is 12.7. The zero-order valence-electron chi connectivity index (χ0n) is 15.3. The number of rotatable bonds is 6. The van der Waals surface area contributed by atoms with Gasteiger partial charge in [-0.15, -0.1) is 0 Å². The molecule has 0 bridgehead atoms. The fourth-order valence-corrected chi connectivity index (χ4v) is 3.01. The lowest BCUT2D eigenvalue weighted by Gasteiger charge is -2.38. The maximum absolute atomic E-state index is 12.7. The molecule has 2 atom stereocenters. The van der Waals surface area contributed by atoms with Gasteiger partial charge in [-0.05, 0) is 24.3 Å². The highest BCUT2D eigenvalue weighted by Gasteiger charge is 2.30. The molecule has 0 spiro atoms. The fourth-order valence-electron chi connectivity index (χ4n) is 3.01. The molecular weight excluding hydrogens is 391 g/mol. The molecule has 0 amide bonds. The van der Waals surface area contributed by atoms with Crippen molar-refractivity contribution in [3.05, 3.63) is 42.2 Å². The number of alkyl halides is 3. The van der Waals surface area contributed by atoms with Crippen molar-refractivity contribution in [2.24, 2.45) is 0 Å². The predicted octanol–water partition coefficient (Wildman–Crippen LogP) is 1.24. The van der Waals surface area contributed by atoms with Crippen molar-refractivity contribution < 1.29 is 28.2 Å². The van der Waals surface area contributed by atoms with Crippen LogP contribution in [0.15, 0.2) is 36.7 Å². The number of carbonyl (C=O) groups excluding carboxylic acids is 1. The minimum absolute atomic E-state index is 0.284. The number of nitrogens with zero attached hydrogens (tertiary/aromatic N) is 4. The van der Waals surface area contributed by atoms with Crippen LogP contribution in [0.1, 0.15) is 5.56 Å². The number of piperazine rings is 1. The van der Waals surface area contributed by atoms with E-state index < -0.39 is 24.1 Å². The highest BCUT2D eigenvalue weighted by molar-refractivity contribution is 5.68. The molecule has 1 aliphatic rings. The van der Waals surface area contributed by atoms with E-state index in [2.05, 4.69) is 15.3 Å². The van der Waals surface area contributed by atoms with Gasteiger partial charge in [0, 0.05) is 44.3 Å². The van der Waals surface area contributed by atoms with E-state index in [9.17, 15) is 28.2 Å². The second-order valence-corrected chi connectivity index (χ2v) is 6.49. The minimum atomic E-state index is -4.40. The Morgan fingerprint density at radius 2 is 1.66 bits per heavy atom. The van der Waals surface area contributed by atoms with E-state index in [0.29, 0.717) is 43.5 Å². The van der Waals surface area contributed by atoms with Crippen LogP contribution in [0.5, 0.6) is 0 Å². The molecule has 3 rings (SSSR count). The third-order valence-corrected chi connectivity index (χ3v) is 4.59. The Labute approximate surface area is 164 Å². The smallest absolute Gasteiger partial charge is 0.381 e. The van der Waals surface area contributed by atoms with Crippen molar-refractivity contribution >= 4 is 23.6 Å². The molecule has 0 radical (unpaired) electrons. The maximum Gasteiger partial charge on any atom is 0.416 e. The first-order valence-electron chi connectivity index (χ1n) is 8.85. The van der Waals surface area contributed by atoms with Crippen LogP contribution in [0.4, 0.5) is 30.5 Å². The van der Waals surface area contributed by atoms with E-state index in [4.69, 9.17) is 0 Å². The Hall–Kier alpha value is -2.76. The van der Waals surface area contributed by atoms with Gasteiger partial charge in [0.15, 0.2) is 17.9 Å². The van der Waals surface area contributed by atoms with Gasteiger partial charge in [0.1, 0.15) is 12.3 Å². The summed E-state index contributed by atoms with van der Waals surface area (Å²) < 4.78 is 38.1. The number of hydrogen-bond acceptors (Lipinski definition) is 8. The Kier molecular flexibility index (Phi) is 6.30. The summed E-state index contributed by atoms with van der Waals surface area (Å²) in [7, 11) is 0. The van der Waals surface area contributed by atoms with E-state index in [0.717, 1.165) is 12.1 Å². The first kappa shape index (κ1) is 21.0. The third-order valence-electron chi connectivity index (χ3n) is 4.59. The lowest BCUT2D eigenvalue weighted by Crippen LogP contribution is -2.54. The normalized spacial score (nSPS) is 17.6. The van der Waals surface area contributed by atoms with Crippen molar-refractivity contribution in [2.45, 2.75) is 18.5 Å². The summed E-state index contributed by atoms with van der Waals surface area (Å²) in [4.78, 5) is 22.6. The van der Waals surface area contributed by atoms with Gasteiger partial charge in [0.25, 0.3) is 0 Å². The van der Waals surface area contributed by atoms with Gasteiger partial charge in [-0.3, -0.25) is 4.90 Å². The number of hydrogen-bond donors (Lipinski definition) is 3. The molecule has 11 heteroatoms. The van der Waals surface area contributed by atoms with Crippen LogP contribution in [0, 0.1) is 0 Å². The van der Waals surface area contributed by atoms with Gasteiger partial charge < -0.3 is 25.2 Å². The van der Waals surface area contributed by atoms with Crippen molar-refractivity contribution in [1.82, 2.24) is 14.9 Å². The van der Waals surface area contributed by atoms with Crippen molar-refractivity contribution in [2.75, 3.05) is 36.4 Å². The average molecular weight is 411 g/mol. The Morgan fingerprint density at radius 3 is 2.24 bits per heavy atom. The summed E-state index contributed by atoms with van der Waals surface area (Å²) in [5.41, 5.74) is -0.308. The number of aromatic nitrogens is 2. The second-order valence-electron chi connectivity index (χ2n) is 6.49. The molecule has 1 fully saturated rings. The number of aldehydes is 1. The molecule has 3 N–H and O–H groups in total. The fraction of sp³-hybridized carbons (Fsp3) is 0.389. The molecule has 8 nitrogen and oxygen atoms in total. The van der Waals surface area contributed by atoms with Crippen molar-refractivity contribution in [1.29, 1.82) is 0 Å². The molecule has 156 valence electrons. The summed E-state index contributed by atoms with van der Waals surface area (Å²) in [6.07, 6.45) is -3.90. The summed E-state index contributed by atoms with van der Waals surface area (Å²) in [5.74, 6) is 0.895. The van der Waals surface area contributed by atoms with Gasteiger partial charge in [-0.25, -0.2) is 9.97 Å². The molecule has 1 aliphatic heterocycles.